The zero-order valence-electron chi connectivity index (χ0n) is 14.4. The number of likely N-dealkylation sites (N-methyl/N-ethyl adjacent to an activating group) is 2. The standard InChI is InChI=1S/C17H25ClN2O2Si/c1-19-11-12-20(2)14(17(18)22)16(23(3,4)5)15(21)13-9-7-6-8-10-13/h6-10,19H,11-12H2,1-5H3/b16-14-. The van der Waals surface area contributed by atoms with Crippen molar-refractivity contribution in [2.75, 3.05) is 27.2 Å². The molecule has 0 bridgehead atoms. The van der Waals surface area contributed by atoms with Crippen LogP contribution in [0.4, 0.5) is 0 Å². The third kappa shape index (κ3) is 5.30. The van der Waals surface area contributed by atoms with Crippen molar-refractivity contribution >= 4 is 30.7 Å². The van der Waals surface area contributed by atoms with Crippen molar-refractivity contribution in [3.05, 3.63) is 46.8 Å². The van der Waals surface area contributed by atoms with Crippen LogP contribution < -0.4 is 5.32 Å². The summed E-state index contributed by atoms with van der Waals surface area (Å²) in [5.74, 6) is -0.106. The predicted octanol–water partition coefficient (Wildman–Crippen LogP) is 2.92. The first kappa shape index (κ1) is 19.6. The fraction of sp³-hybridized carbons (Fsp3) is 0.412. The second-order valence-electron chi connectivity index (χ2n) is 6.47. The average molecular weight is 353 g/mol. The number of nitrogens with one attached hydrogen (secondary N) is 1. The number of halogens is 1. The van der Waals surface area contributed by atoms with E-state index in [1.54, 1.807) is 24.1 Å². The van der Waals surface area contributed by atoms with E-state index in [1.807, 2.05) is 25.2 Å². The van der Waals surface area contributed by atoms with Crippen LogP contribution in [0.3, 0.4) is 0 Å². The molecule has 126 valence electrons. The molecular weight excluding hydrogens is 328 g/mol. The smallest absolute Gasteiger partial charge is 0.268 e. The topological polar surface area (TPSA) is 49.4 Å². The summed E-state index contributed by atoms with van der Waals surface area (Å²) in [5.41, 5.74) is 0.914. The van der Waals surface area contributed by atoms with Crippen molar-refractivity contribution in [1.29, 1.82) is 0 Å². The molecule has 0 heterocycles. The Morgan fingerprint density at radius 2 is 1.74 bits per heavy atom. The first-order valence-electron chi connectivity index (χ1n) is 7.60. The molecule has 6 heteroatoms. The molecule has 0 unspecified atom stereocenters. The minimum atomic E-state index is -2.10. The molecule has 0 saturated carbocycles. The monoisotopic (exact) mass is 352 g/mol. The third-order valence-corrected chi connectivity index (χ3v) is 5.66. The van der Waals surface area contributed by atoms with Gasteiger partial charge in [-0.3, -0.25) is 9.59 Å². The normalized spacial score (nSPS) is 12.6. The van der Waals surface area contributed by atoms with E-state index in [0.717, 1.165) is 0 Å². The Hall–Kier alpha value is -1.43. The highest BCUT2D eigenvalue weighted by molar-refractivity contribution is 6.89. The van der Waals surface area contributed by atoms with E-state index in [-0.39, 0.29) is 5.78 Å². The van der Waals surface area contributed by atoms with Crippen LogP contribution in [0.25, 0.3) is 0 Å². The molecule has 4 nitrogen and oxygen atoms in total. The molecule has 0 aromatic heterocycles. The Bertz CT molecular complexity index is 594. The quantitative estimate of drug-likeness (QED) is 0.338. The fourth-order valence-corrected chi connectivity index (χ4v) is 4.53. The lowest BCUT2D eigenvalue weighted by molar-refractivity contribution is -0.109. The maximum Gasteiger partial charge on any atom is 0.268 e. The van der Waals surface area contributed by atoms with Crippen LogP contribution in [0.5, 0.6) is 0 Å². The molecule has 0 radical (unpaired) electrons. The SMILES string of the molecule is CNCCN(C)/C(C(=O)Cl)=C(/C(=O)c1ccccc1)[Si](C)(C)C. The molecule has 0 fully saturated rings. The van der Waals surface area contributed by atoms with Gasteiger partial charge in [0.2, 0.25) is 0 Å². The van der Waals surface area contributed by atoms with Gasteiger partial charge in [-0.25, -0.2) is 0 Å². The Balaban J connectivity index is 3.46. The van der Waals surface area contributed by atoms with Crippen molar-refractivity contribution in [3.63, 3.8) is 0 Å². The molecule has 0 aliphatic heterocycles. The Morgan fingerprint density at radius 3 is 2.17 bits per heavy atom. The predicted molar refractivity (Wildman–Crippen MR) is 98.6 cm³/mol. The largest absolute Gasteiger partial charge is 0.369 e. The van der Waals surface area contributed by atoms with Gasteiger partial charge < -0.3 is 10.2 Å². The molecule has 0 amide bonds. The van der Waals surface area contributed by atoms with E-state index >= 15 is 0 Å². The second kappa shape index (κ2) is 8.43. The summed E-state index contributed by atoms with van der Waals surface area (Å²) >= 11 is 5.86. The molecule has 0 spiro atoms. The second-order valence-corrected chi connectivity index (χ2v) is 11.8. The minimum absolute atomic E-state index is 0.106. The van der Waals surface area contributed by atoms with Gasteiger partial charge in [-0.1, -0.05) is 50.0 Å². The van der Waals surface area contributed by atoms with Gasteiger partial charge in [0.15, 0.2) is 5.78 Å². The van der Waals surface area contributed by atoms with E-state index in [0.29, 0.717) is 29.5 Å². The van der Waals surface area contributed by atoms with Crippen molar-refractivity contribution in [1.82, 2.24) is 10.2 Å². The molecule has 0 atom stereocenters. The molecule has 0 aliphatic rings. The molecule has 0 saturated heterocycles. The Kier molecular flexibility index (Phi) is 7.19. The summed E-state index contributed by atoms with van der Waals surface area (Å²) in [6, 6.07) is 9.05. The minimum Gasteiger partial charge on any atom is -0.369 e. The number of hydrogen-bond acceptors (Lipinski definition) is 4. The molecule has 1 aromatic carbocycles. The number of allylic oxidation sites excluding steroid dienone is 2. The summed E-state index contributed by atoms with van der Waals surface area (Å²) in [7, 11) is 1.54. The highest BCUT2D eigenvalue weighted by Gasteiger charge is 2.33. The first-order chi connectivity index (χ1) is 10.7. The molecule has 23 heavy (non-hydrogen) atoms. The molecular formula is C17H25ClN2O2Si. The van der Waals surface area contributed by atoms with E-state index < -0.39 is 13.3 Å². The van der Waals surface area contributed by atoms with Crippen molar-refractivity contribution in [3.8, 4) is 0 Å². The molecule has 1 N–H and O–H groups in total. The lowest BCUT2D eigenvalue weighted by Gasteiger charge is -2.28. The highest BCUT2D eigenvalue weighted by atomic mass is 35.5. The number of rotatable bonds is 8. The van der Waals surface area contributed by atoms with Crippen molar-refractivity contribution in [2.24, 2.45) is 0 Å². The van der Waals surface area contributed by atoms with Crippen LogP contribution in [0.15, 0.2) is 41.2 Å². The van der Waals surface area contributed by atoms with Gasteiger partial charge in [0.25, 0.3) is 5.24 Å². The number of hydrogen-bond donors (Lipinski definition) is 1. The molecule has 1 aromatic rings. The third-order valence-electron chi connectivity index (χ3n) is 3.51. The summed E-state index contributed by atoms with van der Waals surface area (Å²) in [4.78, 5) is 26.9. The van der Waals surface area contributed by atoms with E-state index in [4.69, 9.17) is 11.6 Å². The van der Waals surface area contributed by atoms with E-state index in [9.17, 15) is 9.59 Å². The van der Waals surface area contributed by atoms with E-state index in [1.165, 1.54) is 0 Å². The van der Waals surface area contributed by atoms with Gasteiger partial charge in [0.05, 0.1) is 13.8 Å². The van der Waals surface area contributed by atoms with Crippen LogP contribution in [0.1, 0.15) is 10.4 Å². The average Bonchev–Trinajstić information content (AvgIpc) is 2.48. The van der Waals surface area contributed by atoms with Gasteiger partial charge in [0, 0.05) is 30.9 Å². The number of nitrogens with zero attached hydrogens (tertiary/aromatic N) is 1. The van der Waals surface area contributed by atoms with E-state index in [2.05, 4.69) is 25.0 Å². The fourth-order valence-electron chi connectivity index (χ4n) is 2.37. The van der Waals surface area contributed by atoms with Crippen molar-refractivity contribution < 1.29 is 9.59 Å². The summed E-state index contributed by atoms with van der Waals surface area (Å²) in [6.07, 6.45) is 0. The lowest BCUT2D eigenvalue weighted by atomic mass is 10.1. The van der Waals surface area contributed by atoms with Gasteiger partial charge in [-0.2, -0.15) is 0 Å². The summed E-state index contributed by atoms with van der Waals surface area (Å²) in [5, 5.41) is 3.03. The Labute approximate surface area is 144 Å². The van der Waals surface area contributed by atoms with Gasteiger partial charge in [-0.15, -0.1) is 0 Å². The molecule has 1 rings (SSSR count). The van der Waals surface area contributed by atoms with Crippen LogP contribution in [-0.2, 0) is 4.79 Å². The number of ketones is 1. The summed E-state index contributed by atoms with van der Waals surface area (Å²) in [6.45, 7) is 7.45. The van der Waals surface area contributed by atoms with Crippen LogP contribution >= 0.6 is 11.6 Å². The van der Waals surface area contributed by atoms with Crippen molar-refractivity contribution in [2.45, 2.75) is 19.6 Å². The first-order valence-corrected chi connectivity index (χ1v) is 11.5. The Morgan fingerprint density at radius 1 is 1.17 bits per heavy atom. The van der Waals surface area contributed by atoms with Gasteiger partial charge >= 0.3 is 0 Å². The van der Waals surface area contributed by atoms with Gasteiger partial charge in [-0.05, 0) is 18.6 Å². The number of Topliss-reactive ketones (excluding diaryl/α,β-unsaturated/α-hetero) is 1. The highest BCUT2D eigenvalue weighted by Crippen LogP contribution is 2.26. The zero-order chi connectivity index (χ0) is 17.6. The lowest BCUT2D eigenvalue weighted by Crippen LogP contribution is -2.38. The van der Waals surface area contributed by atoms with Crippen LogP contribution in [0, 0.1) is 0 Å². The number of benzene rings is 1. The zero-order valence-corrected chi connectivity index (χ0v) is 16.2. The maximum absolute atomic E-state index is 13.0. The van der Waals surface area contributed by atoms with Gasteiger partial charge in [0.1, 0.15) is 0 Å². The van der Waals surface area contributed by atoms with Crippen LogP contribution in [0.2, 0.25) is 19.6 Å². The maximum atomic E-state index is 13.0. The summed E-state index contributed by atoms with van der Waals surface area (Å²) < 4.78 is 0. The molecule has 0 aliphatic carbocycles. The number of carbonyl (C=O) groups is 2. The number of carbonyl (C=O) groups excluding carboxylic acids is 2. The van der Waals surface area contributed by atoms with Crippen LogP contribution in [-0.4, -0.2) is 51.2 Å².